The molecular formula is C17H20N6O2. The minimum absolute atomic E-state index is 0.212. The Morgan fingerprint density at radius 1 is 1.36 bits per heavy atom. The highest BCUT2D eigenvalue weighted by Crippen LogP contribution is 2.18. The zero-order chi connectivity index (χ0) is 17.8. The standard InChI is InChI=1S/C17H20N6O2/c1-4-9-23-10-14(11(2)21-23)16(24)19-12(3)17-20-15(22-25-17)13-5-7-18-8-6-13/h5-8,10,12H,4,9H2,1-3H3,(H,19,24). The average molecular weight is 340 g/mol. The quantitative estimate of drug-likeness (QED) is 0.740. The summed E-state index contributed by atoms with van der Waals surface area (Å²) in [6.45, 7) is 6.46. The Labute approximate surface area is 145 Å². The number of aromatic nitrogens is 5. The van der Waals surface area contributed by atoms with Crippen molar-refractivity contribution in [2.75, 3.05) is 0 Å². The van der Waals surface area contributed by atoms with Gasteiger partial charge in [-0.15, -0.1) is 0 Å². The molecule has 0 aromatic carbocycles. The molecule has 3 aromatic rings. The average Bonchev–Trinajstić information content (AvgIpc) is 3.23. The Morgan fingerprint density at radius 3 is 2.84 bits per heavy atom. The monoisotopic (exact) mass is 340 g/mol. The summed E-state index contributed by atoms with van der Waals surface area (Å²) in [5.74, 6) is 0.597. The van der Waals surface area contributed by atoms with E-state index in [1.165, 1.54) is 0 Å². The minimum Gasteiger partial charge on any atom is -0.340 e. The van der Waals surface area contributed by atoms with Crippen molar-refractivity contribution in [1.82, 2.24) is 30.2 Å². The summed E-state index contributed by atoms with van der Waals surface area (Å²) in [6.07, 6.45) is 6.04. The second-order valence-electron chi connectivity index (χ2n) is 5.78. The van der Waals surface area contributed by atoms with Crippen LogP contribution in [0.1, 0.15) is 48.3 Å². The Balaban J connectivity index is 1.71. The molecule has 1 amide bonds. The maximum absolute atomic E-state index is 12.5. The van der Waals surface area contributed by atoms with Gasteiger partial charge in [0.15, 0.2) is 0 Å². The van der Waals surface area contributed by atoms with E-state index in [0.29, 0.717) is 23.0 Å². The van der Waals surface area contributed by atoms with Crippen LogP contribution < -0.4 is 5.32 Å². The molecule has 1 atom stereocenters. The summed E-state index contributed by atoms with van der Waals surface area (Å²) in [4.78, 5) is 20.8. The van der Waals surface area contributed by atoms with E-state index in [4.69, 9.17) is 4.52 Å². The number of rotatable bonds is 6. The van der Waals surface area contributed by atoms with E-state index in [1.54, 1.807) is 42.3 Å². The van der Waals surface area contributed by atoms with Gasteiger partial charge in [0.2, 0.25) is 11.7 Å². The lowest BCUT2D eigenvalue weighted by Crippen LogP contribution is -2.27. The largest absolute Gasteiger partial charge is 0.340 e. The predicted molar refractivity (Wildman–Crippen MR) is 90.7 cm³/mol. The first-order chi connectivity index (χ1) is 12.1. The van der Waals surface area contributed by atoms with Gasteiger partial charge in [-0.1, -0.05) is 12.1 Å². The second kappa shape index (κ2) is 7.25. The molecule has 0 spiro atoms. The van der Waals surface area contributed by atoms with Crippen molar-refractivity contribution in [1.29, 1.82) is 0 Å². The number of amides is 1. The first kappa shape index (κ1) is 16.8. The van der Waals surface area contributed by atoms with Crippen LogP contribution in [-0.4, -0.2) is 30.8 Å². The molecule has 0 fully saturated rings. The second-order valence-corrected chi connectivity index (χ2v) is 5.78. The zero-order valence-corrected chi connectivity index (χ0v) is 14.4. The van der Waals surface area contributed by atoms with Crippen LogP contribution in [0.4, 0.5) is 0 Å². The molecular weight excluding hydrogens is 320 g/mol. The SMILES string of the molecule is CCCn1cc(C(=O)NC(C)c2nc(-c3ccncc3)no2)c(C)n1. The summed E-state index contributed by atoms with van der Waals surface area (Å²) >= 11 is 0. The lowest BCUT2D eigenvalue weighted by Gasteiger charge is -2.08. The summed E-state index contributed by atoms with van der Waals surface area (Å²) < 4.78 is 7.06. The van der Waals surface area contributed by atoms with Gasteiger partial charge in [0.25, 0.3) is 5.91 Å². The first-order valence-corrected chi connectivity index (χ1v) is 8.17. The number of hydrogen-bond acceptors (Lipinski definition) is 6. The number of carbonyl (C=O) groups excluding carboxylic acids is 1. The van der Waals surface area contributed by atoms with E-state index >= 15 is 0 Å². The molecule has 130 valence electrons. The van der Waals surface area contributed by atoms with Crippen LogP contribution in [0.5, 0.6) is 0 Å². The smallest absolute Gasteiger partial charge is 0.255 e. The van der Waals surface area contributed by atoms with Crippen LogP contribution in [0.3, 0.4) is 0 Å². The number of aryl methyl sites for hydroxylation is 2. The predicted octanol–water partition coefficient (Wildman–Crippen LogP) is 2.54. The fourth-order valence-corrected chi connectivity index (χ4v) is 2.45. The van der Waals surface area contributed by atoms with E-state index < -0.39 is 6.04 Å². The first-order valence-electron chi connectivity index (χ1n) is 8.17. The molecule has 3 aromatic heterocycles. The van der Waals surface area contributed by atoms with Gasteiger partial charge in [-0.2, -0.15) is 10.1 Å². The van der Waals surface area contributed by atoms with Crippen LogP contribution >= 0.6 is 0 Å². The van der Waals surface area contributed by atoms with Crippen molar-refractivity contribution in [2.45, 2.75) is 39.8 Å². The third-order valence-corrected chi connectivity index (χ3v) is 3.74. The van der Waals surface area contributed by atoms with Crippen molar-refractivity contribution in [3.05, 3.63) is 47.9 Å². The fourth-order valence-electron chi connectivity index (χ4n) is 2.45. The number of carbonyl (C=O) groups is 1. The van der Waals surface area contributed by atoms with E-state index in [9.17, 15) is 4.79 Å². The van der Waals surface area contributed by atoms with Gasteiger partial charge >= 0.3 is 0 Å². The molecule has 0 aliphatic rings. The molecule has 3 heterocycles. The van der Waals surface area contributed by atoms with Gasteiger partial charge in [-0.05, 0) is 32.4 Å². The van der Waals surface area contributed by atoms with E-state index in [0.717, 1.165) is 18.5 Å². The molecule has 0 aliphatic carbocycles. The van der Waals surface area contributed by atoms with Gasteiger partial charge in [0.1, 0.15) is 6.04 Å². The Morgan fingerprint density at radius 2 is 2.12 bits per heavy atom. The number of pyridine rings is 1. The van der Waals surface area contributed by atoms with E-state index in [1.807, 2.05) is 6.92 Å². The van der Waals surface area contributed by atoms with Crippen LogP contribution in [-0.2, 0) is 6.54 Å². The topological polar surface area (TPSA) is 98.7 Å². The van der Waals surface area contributed by atoms with Gasteiger partial charge in [-0.3, -0.25) is 14.5 Å². The van der Waals surface area contributed by atoms with Gasteiger partial charge in [0, 0.05) is 30.7 Å². The third kappa shape index (κ3) is 3.73. The maximum Gasteiger partial charge on any atom is 0.255 e. The molecule has 8 heteroatoms. The van der Waals surface area contributed by atoms with Crippen molar-refractivity contribution < 1.29 is 9.32 Å². The van der Waals surface area contributed by atoms with Crippen LogP contribution in [0.2, 0.25) is 0 Å². The molecule has 8 nitrogen and oxygen atoms in total. The Bertz CT molecular complexity index is 855. The van der Waals surface area contributed by atoms with E-state index in [2.05, 4.69) is 32.5 Å². The number of hydrogen-bond donors (Lipinski definition) is 1. The Kier molecular flexibility index (Phi) is 4.87. The normalized spacial score (nSPS) is 12.1. The molecule has 0 saturated heterocycles. The highest BCUT2D eigenvalue weighted by atomic mass is 16.5. The fraction of sp³-hybridized carbons (Fsp3) is 0.353. The van der Waals surface area contributed by atoms with Crippen molar-refractivity contribution in [3.8, 4) is 11.4 Å². The van der Waals surface area contributed by atoms with Crippen molar-refractivity contribution in [2.24, 2.45) is 0 Å². The van der Waals surface area contributed by atoms with Crippen LogP contribution in [0.25, 0.3) is 11.4 Å². The van der Waals surface area contributed by atoms with Gasteiger partial charge in [-0.25, -0.2) is 0 Å². The minimum atomic E-state index is -0.412. The summed E-state index contributed by atoms with van der Waals surface area (Å²) in [5, 5.41) is 11.2. The lowest BCUT2D eigenvalue weighted by atomic mass is 10.2. The highest BCUT2D eigenvalue weighted by molar-refractivity contribution is 5.95. The molecule has 1 N–H and O–H groups in total. The molecule has 3 rings (SSSR count). The lowest BCUT2D eigenvalue weighted by molar-refractivity contribution is 0.0932. The molecule has 0 radical (unpaired) electrons. The van der Waals surface area contributed by atoms with Crippen molar-refractivity contribution >= 4 is 5.91 Å². The molecule has 0 bridgehead atoms. The Hall–Kier alpha value is -3.03. The molecule has 25 heavy (non-hydrogen) atoms. The van der Waals surface area contributed by atoms with Crippen LogP contribution in [0.15, 0.2) is 35.2 Å². The van der Waals surface area contributed by atoms with Crippen LogP contribution in [0, 0.1) is 6.92 Å². The van der Waals surface area contributed by atoms with Gasteiger partial charge in [0.05, 0.1) is 11.3 Å². The summed E-state index contributed by atoms with van der Waals surface area (Å²) in [7, 11) is 0. The maximum atomic E-state index is 12.5. The molecule has 0 aliphatic heterocycles. The number of nitrogens with one attached hydrogen (secondary N) is 1. The van der Waals surface area contributed by atoms with Crippen molar-refractivity contribution in [3.63, 3.8) is 0 Å². The summed E-state index contributed by atoms with van der Waals surface area (Å²) in [5.41, 5.74) is 2.05. The summed E-state index contributed by atoms with van der Waals surface area (Å²) in [6, 6.07) is 3.18. The van der Waals surface area contributed by atoms with Gasteiger partial charge < -0.3 is 9.84 Å². The zero-order valence-electron chi connectivity index (χ0n) is 14.4. The molecule has 0 saturated carbocycles. The third-order valence-electron chi connectivity index (χ3n) is 3.74. The highest BCUT2D eigenvalue weighted by Gasteiger charge is 2.20. The van der Waals surface area contributed by atoms with E-state index in [-0.39, 0.29) is 5.91 Å². The molecule has 1 unspecified atom stereocenters. The number of nitrogens with zero attached hydrogens (tertiary/aromatic N) is 5.